The lowest BCUT2D eigenvalue weighted by atomic mass is 10.1. The first-order valence-electron chi connectivity index (χ1n) is 6.65. The van der Waals surface area contributed by atoms with Crippen LogP contribution in [0.15, 0.2) is 45.3 Å². The lowest BCUT2D eigenvalue weighted by molar-refractivity contribution is 0.459. The number of nitriles is 1. The fraction of sp³-hybridized carbons (Fsp3) is 0.200. The van der Waals surface area contributed by atoms with Crippen LogP contribution in [0.1, 0.15) is 16.7 Å². The Balaban J connectivity index is 2.09. The minimum Gasteiger partial charge on any atom is -0.391 e. The normalized spacial score (nSPS) is 15.5. The topological polar surface area (TPSA) is 91.4 Å². The molecule has 0 bridgehead atoms. The van der Waals surface area contributed by atoms with Crippen molar-refractivity contribution >= 4 is 39.5 Å². The highest BCUT2D eigenvalue weighted by atomic mass is 35.5. The van der Waals surface area contributed by atoms with E-state index in [1.54, 1.807) is 18.1 Å². The van der Waals surface area contributed by atoms with Crippen LogP contribution in [0.25, 0.3) is 0 Å². The Morgan fingerprint density at radius 2 is 2.30 bits per heavy atom. The van der Waals surface area contributed by atoms with Gasteiger partial charge in [-0.25, -0.2) is 0 Å². The molecule has 23 heavy (non-hydrogen) atoms. The average Bonchev–Trinajstić information content (AvgIpc) is 2.49. The first kappa shape index (κ1) is 17.6. The van der Waals surface area contributed by atoms with Gasteiger partial charge in [-0.1, -0.05) is 35.5 Å². The van der Waals surface area contributed by atoms with Crippen molar-refractivity contribution in [2.24, 2.45) is 16.6 Å². The van der Waals surface area contributed by atoms with Crippen molar-refractivity contribution in [1.82, 2.24) is 5.01 Å². The van der Waals surface area contributed by atoms with Gasteiger partial charge in [0.1, 0.15) is 5.16 Å². The van der Waals surface area contributed by atoms with E-state index in [2.05, 4.69) is 11.2 Å². The first-order chi connectivity index (χ1) is 10.9. The molecule has 0 atom stereocenters. The molecule has 8 heteroatoms. The molecule has 0 amide bonds. The van der Waals surface area contributed by atoms with Gasteiger partial charge in [0, 0.05) is 18.9 Å². The highest BCUT2D eigenvalue weighted by Crippen LogP contribution is 2.33. The zero-order valence-corrected chi connectivity index (χ0v) is 15.1. The number of halogens is 1. The molecule has 0 aliphatic carbocycles. The third-order valence-corrected chi connectivity index (χ3v) is 5.22. The molecule has 0 fully saturated rings. The van der Waals surface area contributed by atoms with E-state index in [9.17, 15) is 5.26 Å². The summed E-state index contributed by atoms with van der Waals surface area (Å²) in [6, 6.07) is 8.09. The molecule has 1 aliphatic heterocycles. The average molecular weight is 366 g/mol. The second kappa shape index (κ2) is 7.68. The number of aryl methyl sites for hydroxylation is 1. The number of hydrogen-bond donors (Lipinski definition) is 2. The summed E-state index contributed by atoms with van der Waals surface area (Å²) >= 11 is 8.59. The van der Waals surface area contributed by atoms with E-state index in [0.717, 1.165) is 15.5 Å². The molecule has 0 unspecified atom stereocenters. The number of allylic oxidation sites excluding steroid dienone is 1. The number of hydrogen-bond acceptors (Lipinski definition) is 7. The second-order valence-corrected chi connectivity index (χ2v) is 7.52. The van der Waals surface area contributed by atoms with Gasteiger partial charge in [-0.2, -0.15) is 10.4 Å². The summed E-state index contributed by atoms with van der Waals surface area (Å²) in [5.74, 6) is 0.652. The molecule has 5 nitrogen and oxygen atoms in total. The number of benzene rings is 1. The van der Waals surface area contributed by atoms with E-state index in [-0.39, 0.29) is 5.16 Å². The fourth-order valence-corrected chi connectivity index (χ4v) is 4.06. The van der Waals surface area contributed by atoms with Crippen LogP contribution in [-0.2, 0) is 5.75 Å². The van der Waals surface area contributed by atoms with Crippen molar-refractivity contribution in [1.29, 1.82) is 5.26 Å². The van der Waals surface area contributed by atoms with Crippen molar-refractivity contribution in [3.63, 3.8) is 0 Å². The molecule has 0 spiro atoms. The highest BCUT2D eigenvalue weighted by molar-refractivity contribution is 8.40. The molecule has 120 valence electrons. The Kier molecular flexibility index (Phi) is 5.88. The van der Waals surface area contributed by atoms with Crippen LogP contribution in [-0.4, -0.2) is 16.4 Å². The quantitative estimate of drug-likeness (QED) is 0.799. The zero-order valence-electron chi connectivity index (χ0n) is 12.7. The van der Waals surface area contributed by atoms with Crippen LogP contribution in [0.2, 0.25) is 0 Å². The Hall–Kier alpha value is -1.75. The smallest absolute Gasteiger partial charge is 0.157 e. The largest absolute Gasteiger partial charge is 0.391 e. The lowest BCUT2D eigenvalue weighted by Gasteiger charge is -2.23. The Morgan fingerprint density at radius 3 is 2.91 bits per heavy atom. The minimum atomic E-state index is 0.153. The SMILES string of the molecule is Cc1ccc(CSC2=NN(C)C(/C=C(\N)Cl)=C(N)S2)c(C#N)c1. The standard InChI is InChI=1S/C15H16ClN5S2/c1-9-3-4-10(11(5-9)7-17)8-22-15-20-21(2)12(6-13(16)18)14(19)23-15/h3-6H,8,18-19H2,1-2H3/b13-6-. The summed E-state index contributed by atoms with van der Waals surface area (Å²) in [7, 11) is 1.78. The van der Waals surface area contributed by atoms with Gasteiger partial charge in [0.25, 0.3) is 0 Å². The predicted molar refractivity (Wildman–Crippen MR) is 99.3 cm³/mol. The molecule has 1 heterocycles. The monoisotopic (exact) mass is 365 g/mol. The Morgan fingerprint density at radius 1 is 1.57 bits per heavy atom. The van der Waals surface area contributed by atoms with Gasteiger partial charge in [-0.15, -0.1) is 0 Å². The first-order valence-corrected chi connectivity index (χ1v) is 8.83. The van der Waals surface area contributed by atoms with Gasteiger partial charge in [0.2, 0.25) is 0 Å². The van der Waals surface area contributed by atoms with Gasteiger partial charge >= 0.3 is 0 Å². The van der Waals surface area contributed by atoms with Crippen molar-refractivity contribution < 1.29 is 0 Å². The van der Waals surface area contributed by atoms with Crippen LogP contribution in [0.5, 0.6) is 0 Å². The van der Waals surface area contributed by atoms with Crippen LogP contribution >= 0.6 is 35.1 Å². The summed E-state index contributed by atoms with van der Waals surface area (Å²) in [6.45, 7) is 1.97. The molecule has 1 aromatic rings. The summed E-state index contributed by atoms with van der Waals surface area (Å²) in [4.78, 5) is 0. The number of nitrogens with zero attached hydrogens (tertiary/aromatic N) is 3. The summed E-state index contributed by atoms with van der Waals surface area (Å²) in [6.07, 6.45) is 1.57. The molecule has 0 saturated carbocycles. The molecular weight excluding hydrogens is 350 g/mol. The van der Waals surface area contributed by atoms with Crippen molar-refractivity contribution in [2.45, 2.75) is 12.7 Å². The predicted octanol–water partition coefficient (Wildman–Crippen LogP) is 3.22. The second-order valence-electron chi connectivity index (χ2n) is 4.83. The lowest BCUT2D eigenvalue weighted by Crippen LogP contribution is -2.20. The fourth-order valence-electron chi connectivity index (χ4n) is 1.92. The Bertz CT molecular complexity index is 745. The van der Waals surface area contributed by atoms with Crippen LogP contribution in [0.4, 0.5) is 0 Å². The third kappa shape index (κ3) is 4.61. The molecule has 0 aromatic heterocycles. The molecule has 2 rings (SSSR count). The van der Waals surface area contributed by atoms with Gasteiger partial charge < -0.3 is 11.5 Å². The van der Waals surface area contributed by atoms with E-state index in [0.29, 0.717) is 22.0 Å². The van der Waals surface area contributed by atoms with Crippen LogP contribution < -0.4 is 11.5 Å². The maximum atomic E-state index is 9.22. The number of nitrogens with two attached hydrogens (primary N) is 2. The maximum Gasteiger partial charge on any atom is 0.157 e. The van der Waals surface area contributed by atoms with E-state index in [4.69, 9.17) is 23.1 Å². The molecule has 4 N–H and O–H groups in total. The van der Waals surface area contributed by atoms with Gasteiger partial charge in [0.05, 0.1) is 22.4 Å². The maximum absolute atomic E-state index is 9.22. The van der Waals surface area contributed by atoms with Crippen LogP contribution in [0, 0.1) is 18.3 Å². The summed E-state index contributed by atoms with van der Waals surface area (Å²) < 4.78 is 0.805. The van der Waals surface area contributed by atoms with Gasteiger partial charge in [0.15, 0.2) is 4.38 Å². The number of thioether (sulfide) groups is 2. The third-order valence-electron chi connectivity index (χ3n) is 3.04. The van der Waals surface area contributed by atoms with Crippen LogP contribution in [0.3, 0.4) is 0 Å². The number of likely N-dealkylation sites (N-methyl/N-ethyl adjacent to an activating group) is 1. The van der Waals surface area contributed by atoms with Gasteiger partial charge in [-0.05, 0) is 35.9 Å². The highest BCUT2D eigenvalue weighted by Gasteiger charge is 2.18. The molecule has 0 radical (unpaired) electrons. The molecule has 0 saturated heterocycles. The minimum absolute atomic E-state index is 0.153. The zero-order chi connectivity index (χ0) is 17.0. The van der Waals surface area contributed by atoms with Crippen molar-refractivity contribution in [3.8, 4) is 6.07 Å². The summed E-state index contributed by atoms with van der Waals surface area (Å²) in [5.41, 5.74) is 14.9. The molecule has 1 aliphatic rings. The Labute approximate surface area is 149 Å². The van der Waals surface area contributed by atoms with E-state index >= 15 is 0 Å². The van der Waals surface area contributed by atoms with E-state index < -0.39 is 0 Å². The van der Waals surface area contributed by atoms with E-state index in [1.807, 2.05) is 25.1 Å². The van der Waals surface area contributed by atoms with E-state index in [1.165, 1.54) is 23.5 Å². The summed E-state index contributed by atoms with van der Waals surface area (Å²) in [5, 5.41) is 16.0. The molecule has 1 aromatic carbocycles. The van der Waals surface area contributed by atoms with Gasteiger partial charge in [-0.3, -0.25) is 5.01 Å². The molecular formula is C15H16ClN5S2. The van der Waals surface area contributed by atoms with Crippen molar-refractivity contribution in [2.75, 3.05) is 7.05 Å². The number of hydrazone groups is 1. The van der Waals surface area contributed by atoms with Crippen molar-refractivity contribution in [3.05, 3.63) is 56.8 Å². The number of rotatable bonds is 3.